The van der Waals surface area contributed by atoms with Crippen LogP contribution in [0.15, 0.2) is 54.9 Å². The second kappa shape index (κ2) is 10.5. The van der Waals surface area contributed by atoms with Crippen molar-refractivity contribution in [1.29, 1.82) is 0 Å². The number of amides is 3. The number of rotatable bonds is 6. The lowest BCUT2D eigenvalue weighted by Crippen LogP contribution is -2.53. The smallest absolute Gasteiger partial charge is 0.390 e. The molecule has 5 rings (SSSR count). The number of aromatic nitrogens is 3. The van der Waals surface area contributed by atoms with Crippen molar-refractivity contribution in [3.8, 4) is 5.88 Å². The summed E-state index contributed by atoms with van der Waals surface area (Å²) in [7, 11) is 0. The van der Waals surface area contributed by atoms with Crippen LogP contribution in [0.2, 0.25) is 0 Å². The number of pyridine rings is 1. The van der Waals surface area contributed by atoms with Crippen LogP contribution in [0.3, 0.4) is 0 Å². The molecular weight excluding hydrogens is 488 g/mol. The Morgan fingerprint density at radius 2 is 1.82 bits per heavy atom. The molecule has 11 heteroatoms. The number of nitrogens with zero attached hydrogens (tertiary/aromatic N) is 5. The lowest BCUT2D eigenvalue weighted by atomic mass is 10.0. The van der Waals surface area contributed by atoms with Gasteiger partial charge in [0.15, 0.2) is 5.78 Å². The van der Waals surface area contributed by atoms with E-state index in [2.05, 4.69) is 20.3 Å². The monoisotopic (exact) mass is 516 g/mol. The molecule has 2 aromatic heterocycles. The van der Waals surface area contributed by atoms with E-state index in [0.717, 1.165) is 0 Å². The molecule has 2 aliphatic rings. The van der Waals surface area contributed by atoms with Gasteiger partial charge in [0.1, 0.15) is 17.8 Å². The highest BCUT2D eigenvalue weighted by molar-refractivity contribution is 6.02. The van der Waals surface area contributed by atoms with Crippen LogP contribution < -0.4 is 10.1 Å². The third-order valence-electron chi connectivity index (χ3n) is 6.77. The van der Waals surface area contributed by atoms with Crippen LogP contribution in [0, 0.1) is 5.92 Å². The maximum absolute atomic E-state index is 13.6. The molecule has 0 aliphatic carbocycles. The van der Waals surface area contributed by atoms with Gasteiger partial charge in [0, 0.05) is 12.7 Å². The summed E-state index contributed by atoms with van der Waals surface area (Å²) in [4.78, 5) is 68.0. The summed E-state index contributed by atoms with van der Waals surface area (Å²) >= 11 is 0. The minimum atomic E-state index is -0.914. The number of fused-ring (bicyclic) bond motifs is 2. The second-order valence-electron chi connectivity index (χ2n) is 9.86. The molecule has 1 aromatic carbocycles. The molecule has 38 heavy (non-hydrogen) atoms. The summed E-state index contributed by atoms with van der Waals surface area (Å²) in [5.74, 6) is -0.842. The van der Waals surface area contributed by atoms with Crippen molar-refractivity contribution < 1.29 is 23.9 Å². The highest BCUT2D eigenvalue weighted by Crippen LogP contribution is 2.31. The Labute approximate surface area is 219 Å². The Morgan fingerprint density at radius 3 is 2.55 bits per heavy atom. The maximum Gasteiger partial charge on any atom is 0.414 e. The molecule has 2 fully saturated rings. The zero-order valence-corrected chi connectivity index (χ0v) is 21.1. The van der Waals surface area contributed by atoms with Gasteiger partial charge in [0.05, 0.1) is 29.8 Å². The minimum Gasteiger partial charge on any atom is -0.390 e. The highest BCUT2D eigenvalue weighted by atomic mass is 16.6. The lowest BCUT2D eigenvalue weighted by Gasteiger charge is -2.28. The topological polar surface area (TPSA) is 135 Å². The fourth-order valence-corrected chi connectivity index (χ4v) is 5.12. The van der Waals surface area contributed by atoms with Crippen LogP contribution in [0.4, 0.5) is 4.79 Å². The van der Waals surface area contributed by atoms with Crippen molar-refractivity contribution in [3.63, 3.8) is 0 Å². The fraction of sp³-hybridized carbons (Fsp3) is 0.370. The van der Waals surface area contributed by atoms with Gasteiger partial charge in [-0.15, -0.1) is 0 Å². The van der Waals surface area contributed by atoms with Crippen molar-refractivity contribution in [2.24, 2.45) is 5.92 Å². The van der Waals surface area contributed by atoms with E-state index in [1.165, 1.54) is 22.2 Å². The van der Waals surface area contributed by atoms with Gasteiger partial charge in [-0.1, -0.05) is 32.0 Å². The highest BCUT2D eigenvalue weighted by Gasteiger charge is 2.52. The molecule has 0 radical (unpaired) electrons. The molecule has 3 amide bonds. The van der Waals surface area contributed by atoms with Crippen LogP contribution >= 0.6 is 0 Å². The molecule has 11 nitrogen and oxygen atoms in total. The van der Waals surface area contributed by atoms with E-state index in [-0.39, 0.29) is 41.6 Å². The molecule has 3 aromatic rings. The number of para-hydroxylation sites is 2. The molecule has 2 aliphatic heterocycles. The molecule has 0 spiro atoms. The number of Topliss-reactive ketones (excluding diaryl/α,β-unsaturated/α-hetero) is 1. The number of benzene rings is 1. The standard InChI is InChI=1S/C27H28N6O5/c1-16(2)13-20(31-27(37)38-23-14-29-17-7-3-4-8-18(17)30-23)26(36)32-12-10-21-24(32)22(34)15-33(21)25(35)19-9-5-6-11-28-19/h3-9,11,14,16,20-21,24H,10,12-13,15H2,1-2H3,(H,31,37). The van der Waals surface area contributed by atoms with E-state index in [1.807, 2.05) is 19.9 Å². The fourth-order valence-electron chi connectivity index (χ4n) is 5.12. The third-order valence-corrected chi connectivity index (χ3v) is 6.77. The van der Waals surface area contributed by atoms with Crippen molar-refractivity contribution in [2.45, 2.75) is 44.8 Å². The number of carbonyl (C=O) groups excluding carboxylic acids is 4. The zero-order chi connectivity index (χ0) is 26.8. The van der Waals surface area contributed by atoms with E-state index < -0.39 is 24.2 Å². The van der Waals surface area contributed by atoms with Gasteiger partial charge in [-0.3, -0.25) is 19.4 Å². The first-order valence-corrected chi connectivity index (χ1v) is 12.6. The molecule has 1 N–H and O–H groups in total. The number of likely N-dealkylation sites (tertiary alicyclic amines) is 2. The number of ketones is 1. The van der Waals surface area contributed by atoms with Crippen molar-refractivity contribution in [2.75, 3.05) is 13.1 Å². The van der Waals surface area contributed by atoms with Gasteiger partial charge in [-0.2, -0.15) is 0 Å². The Bertz CT molecular complexity index is 1380. The van der Waals surface area contributed by atoms with Gasteiger partial charge in [0.2, 0.25) is 11.8 Å². The number of ether oxygens (including phenoxy) is 1. The number of hydrogen-bond acceptors (Lipinski definition) is 8. The summed E-state index contributed by atoms with van der Waals surface area (Å²) in [6, 6.07) is 10.1. The summed E-state index contributed by atoms with van der Waals surface area (Å²) in [5.41, 5.74) is 1.48. The molecule has 196 valence electrons. The summed E-state index contributed by atoms with van der Waals surface area (Å²) in [5, 5.41) is 2.65. The molecule has 0 saturated carbocycles. The first-order chi connectivity index (χ1) is 18.3. The maximum atomic E-state index is 13.6. The molecule has 0 bridgehead atoms. The third kappa shape index (κ3) is 5.04. The zero-order valence-electron chi connectivity index (χ0n) is 21.1. The quantitative estimate of drug-likeness (QED) is 0.527. The molecule has 4 heterocycles. The Balaban J connectivity index is 1.29. The Morgan fingerprint density at radius 1 is 1.05 bits per heavy atom. The van der Waals surface area contributed by atoms with E-state index in [1.54, 1.807) is 36.4 Å². The van der Waals surface area contributed by atoms with Crippen LogP contribution in [0.5, 0.6) is 5.88 Å². The van der Waals surface area contributed by atoms with Gasteiger partial charge in [-0.25, -0.2) is 14.8 Å². The Kier molecular flexibility index (Phi) is 6.99. The molecular formula is C27H28N6O5. The first kappa shape index (κ1) is 25.2. The minimum absolute atomic E-state index is 0.00725. The SMILES string of the molecule is CC(C)CC(NC(=O)Oc1cnc2ccccc2n1)C(=O)N1CCC2C1C(=O)CN2C(=O)c1ccccn1. The van der Waals surface area contributed by atoms with Gasteiger partial charge >= 0.3 is 6.09 Å². The van der Waals surface area contributed by atoms with Crippen molar-refractivity contribution >= 4 is 34.7 Å². The van der Waals surface area contributed by atoms with E-state index in [0.29, 0.717) is 30.4 Å². The average molecular weight is 517 g/mol. The summed E-state index contributed by atoms with van der Waals surface area (Å²) < 4.78 is 5.33. The van der Waals surface area contributed by atoms with Crippen molar-refractivity contribution in [3.05, 3.63) is 60.6 Å². The molecule has 3 unspecified atom stereocenters. The van der Waals surface area contributed by atoms with E-state index in [4.69, 9.17) is 4.74 Å². The summed E-state index contributed by atoms with van der Waals surface area (Å²) in [6.45, 7) is 4.08. The van der Waals surface area contributed by atoms with Crippen LogP contribution in [-0.2, 0) is 9.59 Å². The van der Waals surface area contributed by atoms with Gasteiger partial charge in [0.25, 0.3) is 5.91 Å². The number of nitrogens with one attached hydrogen (secondary N) is 1. The Hall–Kier alpha value is -4.41. The van der Waals surface area contributed by atoms with Gasteiger partial charge < -0.3 is 19.9 Å². The van der Waals surface area contributed by atoms with Crippen LogP contribution in [0.25, 0.3) is 11.0 Å². The summed E-state index contributed by atoms with van der Waals surface area (Å²) in [6.07, 6.45) is 2.84. The predicted octanol–water partition coefficient (Wildman–Crippen LogP) is 2.22. The number of carbonyl (C=O) groups is 4. The number of hydrogen-bond donors (Lipinski definition) is 1. The lowest BCUT2D eigenvalue weighted by molar-refractivity contribution is -0.138. The van der Waals surface area contributed by atoms with Crippen LogP contribution in [-0.4, -0.2) is 79.7 Å². The normalized spacial score (nSPS) is 19.5. The largest absolute Gasteiger partial charge is 0.414 e. The van der Waals surface area contributed by atoms with Crippen LogP contribution in [0.1, 0.15) is 37.2 Å². The second-order valence-corrected chi connectivity index (χ2v) is 9.86. The van der Waals surface area contributed by atoms with Crippen molar-refractivity contribution in [1.82, 2.24) is 30.1 Å². The predicted molar refractivity (Wildman–Crippen MR) is 136 cm³/mol. The first-order valence-electron chi connectivity index (χ1n) is 12.6. The molecule has 3 atom stereocenters. The molecule has 2 saturated heterocycles. The van der Waals surface area contributed by atoms with E-state index >= 15 is 0 Å². The van der Waals surface area contributed by atoms with E-state index in [9.17, 15) is 19.2 Å². The van der Waals surface area contributed by atoms with Gasteiger partial charge in [-0.05, 0) is 43.0 Å². The average Bonchev–Trinajstić information content (AvgIpc) is 3.49.